The van der Waals surface area contributed by atoms with E-state index in [9.17, 15) is 9.59 Å². The molecule has 22 heavy (non-hydrogen) atoms. The Morgan fingerprint density at radius 1 is 1.27 bits per heavy atom. The van der Waals surface area contributed by atoms with Gasteiger partial charge in [0.1, 0.15) is 0 Å². The second-order valence-electron chi connectivity index (χ2n) is 4.95. The zero-order chi connectivity index (χ0) is 15.7. The molecule has 1 amide bonds. The number of amides is 1. The average Bonchev–Trinajstić information content (AvgIpc) is 3.06. The molecule has 0 bridgehead atoms. The summed E-state index contributed by atoms with van der Waals surface area (Å²) < 4.78 is 6.63. The molecule has 0 unspecified atom stereocenters. The molecule has 0 saturated carbocycles. The molecule has 114 valence electrons. The van der Waals surface area contributed by atoms with E-state index >= 15 is 0 Å². The first kappa shape index (κ1) is 14.1. The van der Waals surface area contributed by atoms with Gasteiger partial charge < -0.3 is 9.84 Å². The van der Waals surface area contributed by atoms with Gasteiger partial charge in [0.25, 0.3) is 0 Å². The maximum absolute atomic E-state index is 11.6. The molecule has 7 nitrogen and oxygen atoms in total. The van der Waals surface area contributed by atoms with E-state index in [0.29, 0.717) is 25.3 Å². The molecule has 0 spiro atoms. The molecule has 0 radical (unpaired) electrons. The Balaban J connectivity index is 1.78. The molecular weight excluding hydrogens is 286 g/mol. The van der Waals surface area contributed by atoms with Crippen molar-refractivity contribution in [3.05, 3.63) is 47.3 Å². The minimum atomic E-state index is -0.941. The molecule has 0 fully saturated rings. The van der Waals surface area contributed by atoms with E-state index in [-0.39, 0.29) is 5.97 Å². The predicted octanol–water partition coefficient (Wildman–Crippen LogP) is 2.04. The SMILES string of the molecule is CCOC(=O)c1ccc(-n2cc3c(n2)CN(C(=O)O)C3)cc1. The summed E-state index contributed by atoms with van der Waals surface area (Å²) in [7, 11) is 0. The molecular formula is C15H15N3O4. The first-order valence-electron chi connectivity index (χ1n) is 6.91. The molecule has 3 rings (SSSR count). The van der Waals surface area contributed by atoms with Crippen molar-refractivity contribution in [3.8, 4) is 5.69 Å². The molecule has 1 aromatic carbocycles. The van der Waals surface area contributed by atoms with E-state index in [4.69, 9.17) is 9.84 Å². The van der Waals surface area contributed by atoms with Crippen molar-refractivity contribution in [3.63, 3.8) is 0 Å². The molecule has 2 aromatic rings. The van der Waals surface area contributed by atoms with Gasteiger partial charge in [-0.3, -0.25) is 4.90 Å². The van der Waals surface area contributed by atoms with E-state index in [1.54, 1.807) is 35.9 Å². The van der Waals surface area contributed by atoms with Crippen molar-refractivity contribution >= 4 is 12.1 Å². The lowest BCUT2D eigenvalue weighted by atomic mass is 10.2. The van der Waals surface area contributed by atoms with Gasteiger partial charge in [0.15, 0.2) is 0 Å². The van der Waals surface area contributed by atoms with Crippen molar-refractivity contribution in [2.75, 3.05) is 6.61 Å². The third kappa shape index (κ3) is 2.52. The van der Waals surface area contributed by atoms with E-state index in [0.717, 1.165) is 16.9 Å². The highest BCUT2D eigenvalue weighted by molar-refractivity contribution is 5.89. The largest absolute Gasteiger partial charge is 0.465 e. The number of aromatic nitrogens is 2. The van der Waals surface area contributed by atoms with E-state index in [2.05, 4.69) is 5.10 Å². The Hall–Kier alpha value is -2.83. The first-order chi connectivity index (χ1) is 10.6. The topological polar surface area (TPSA) is 84.7 Å². The third-order valence-corrected chi connectivity index (χ3v) is 3.49. The minimum absolute atomic E-state index is 0.304. The van der Waals surface area contributed by atoms with E-state index in [1.807, 2.05) is 6.20 Å². The second kappa shape index (κ2) is 5.51. The molecule has 0 saturated heterocycles. The van der Waals surface area contributed by atoms with Gasteiger partial charge in [0, 0.05) is 11.8 Å². The number of ether oxygens (including phenoxy) is 1. The Morgan fingerprint density at radius 3 is 2.59 bits per heavy atom. The van der Waals surface area contributed by atoms with Crippen LogP contribution >= 0.6 is 0 Å². The number of nitrogens with zero attached hydrogens (tertiary/aromatic N) is 3. The zero-order valence-corrected chi connectivity index (χ0v) is 12.0. The Kier molecular flexibility index (Phi) is 3.54. The summed E-state index contributed by atoms with van der Waals surface area (Å²) in [5, 5.41) is 13.4. The van der Waals surface area contributed by atoms with Gasteiger partial charge in [-0.05, 0) is 31.2 Å². The van der Waals surface area contributed by atoms with Crippen LogP contribution in [-0.4, -0.2) is 38.5 Å². The van der Waals surface area contributed by atoms with Gasteiger partial charge in [0.2, 0.25) is 0 Å². The van der Waals surface area contributed by atoms with Crippen LogP contribution in [0.2, 0.25) is 0 Å². The van der Waals surface area contributed by atoms with Crippen LogP contribution in [0.15, 0.2) is 30.5 Å². The normalized spacial score (nSPS) is 13.0. The molecule has 7 heteroatoms. The summed E-state index contributed by atoms with van der Waals surface area (Å²) in [6, 6.07) is 6.93. The first-order valence-corrected chi connectivity index (χ1v) is 6.91. The quantitative estimate of drug-likeness (QED) is 0.877. The van der Waals surface area contributed by atoms with Gasteiger partial charge in [-0.15, -0.1) is 0 Å². The summed E-state index contributed by atoms with van der Waals surface area (Å²) in [5.74, 6) is -0.353. The molecule has 2 heterocycles. The summed E-state index contributed by atoms with van der Waals surface area (Å²) in [4.78, 5) is 23.8. The maximum Gasteiger partial charge on any atom is 0.407 e. The number of hydrogen-bond acceptors (Lipinski definition) is 4. The van der Waals surface area contributed by atoms with Crippen LogP contribution in [0.1, 0.15) is 28.5 Å². The molecule has 0 aliphatic carbocycles. The van der Waals surface area contributed by atoms with Crippen LogP contribution in [-0.2, 0) is 17.8 Å². The number of carbonyl (C=O) groups excluding carboxylic acids is 1. The summed E-state index contributed by atoms with van der Waals surface area (Å²) in [6.45, 7) is 2.76. The highest BCUT2D eigenvalue weighted by Gasteiger charge is 2.26. The smallest absolute Gasteiger partial charge is 0.407 e. The number of carboxylic acid groups (broad SMARTS) is 1. The van der Waals surface area contributed by atoms with Crippen molar-refractivity contribution in [1.82, 2.24) is 14.7 Å². The van der Waals surface area contributed by atoms with Crippen molar-refractivity contribution < 1.29 is 19.4 Å². The molecule has 1 aliphatic heterocycles. The standard InChI is InChI=1S/C15H15N3O4/c1-2-22-14(19)10-3-5-12(6-4-10)18-8-11-7-17(15(20)21)9-13(11)16-18/h3-6,8H,2,7,9H2,1H3,(H,20,21). The van der Waals surface area contributed by atoms with Crippen LogP contribution in [0.3, 0.4) is 0 Å². The van der Waals surface area contributed by atoms with Crippen LogP contribution in [0.25, 0.3) is 5.69 Å². The van der Waals surface area contributed by atoms with E-state index in [1.165, 1.54) is 4.90 Å². The van der Waals surface area contributed by atoms with Crippen LogP contribution in [0, 0.1) is 0 Å². The lowest BCUT2D eigenvalue weighted by Gasteiger charge is -2.10. The monoisotopic (exact) mass is 301 g/mol. The molecule has 1 N–H and O–H groups in total. The van der Waals surface area contributed by atoms with E-state index < -0.39 is 6.09 Å². The van der Waals surface area contributed by atoms with Crippen molar-refractivity contribution in [2.45, 2.75) is 20.0 Å². The molecule has 1 aliphatic rings. The van der Waals surface area contributed by atoms with Crippen LogP contribution < -0.4 is 0 Å². The minimum Gasteiger partial charge on any atom is -0.465 e. The van der Waals surface area contributed by atoms with Gasteiger partial charge in [-0.25, -0.2) is 14.3 Å². The highest BCUT2D eigenvalue weighted by atomic mass is 16.5. The average molecular weight is 301 g/mol. The van der Waals surface area contributed by atoms with Gasteiger partial charge >= 0.3 is 12.1 Å². The summed E-state index contributed by atoms with van der Waals surface area (Å²) in [5.41, 5.74) is 2.96. The number of hydrogen-bond donors (Lipinski definition) is 1. The lowest BCUT2D eigenvalue weighted by Crippen LogP contribution is -2.23. The number of fused-ring (bicyclic) bond motifs is 1. The second-order valence-corrected chi connectivity index (χ2v) is 4.95. The Labute approximate surface area is 126 Å². The van der Waals surface area contributed by atoms with Gasteiger partial charge in [0.05, 0.1) is 36.6 Å². The number of esters is 1. The molecule has 1 aromatic heterocycles. The predicted molar refractivity (Wildman–Crippen MR) is 76.8 cm³/mol. The van der Waals surface area contributed by atoms with Crippen molar-refractivity contribution in [1.29, 1.82) is 0 Å². The number of benzene rings is 1. The fourth-order valence-electron chi connectivity index (χ4n) is 2.39. The van der Waals surface area contributed by atoms with Gasteiger partial charge in [-0.2, -0.15) is 5.10 Å². The fraction of sp³-hybridized carbons (Fsp3) is 0.267. The third-order valence-electron chi connectivity index (χ3n) is 3.49. The highest BCUT2D eigenvalue weighted by Crippen LogP contribution is 2.23. The fourth-order valence-corrected chi connectivity index (χ4v) is 2.39. The molecule has 0 atom stereocenters. The Morgan fingerprint density at radius 2 is 2.00 bits per heavy atom. The zero-order valence-electron chi connectivity index (χ0n) is 12.0. The number of carbonyl (C=O) groups is 2. The summed E-state index contributed by atoms with van der Waals surface area (Å²) in [6.07, 6.45) is 0.876. The van der Waals surface area contributed by atoms with Crippen molar-refractivity contribution in [2.24, 2.45) is 0 Å². The van der Waals surface area contributed by atoms with Crippen LogP contribution in [0.4, 0.5) is 4.79 Å². The lowest BCUT2D eigenvalue weighted by molar-refractivity contribution is 0.0526. The Bertz CT molecular complexity index is 697. The van der Waals surface area contributed by atoms with Crippen LogP contribution in [0.5, 0.6) is 0 Å². The maximum atomic E-state index is 11.6. The van der Waals surface area contributed by atoms with Gasteiger partial charge in [-0.1, -0.05) is 0 Å². The summed E-state index contributed by atoms with van der Waals surface area (Å²) >= 11 is 0. The number of rotatable bonds is 3.